The van der Waals surface area contributed by atoms with Crippen LogP contribution in [0.4, 0.5) is 0 Å². The molecule has 0 aliphatic rings. The predicted octanol–water partition coefficient (Wildman–Crippen LogP) is 1.31. The fraction of sp³-hybridized carbons (Fsp3) is 0.364. The SMILES string of the molecule is COc1ccc(CCn2c(C)cn3c4c(=O)n(CC(C)=O)c(=O)n(C)c4nc23)cc1OC. The Morgan fingerprint density at radius 1 is 1.09 bits per heavy atom. The first-order chi connectivity index (χ1) is 15.3. The van der Waals surface area contributed by atoms with Crippen LogP contribution >= 0.6 is 0 Å². The summed E-state index contributed by atoms with van der Waals surface area (Å²) >= 11 is 0. The lowest BCUT2D eigenvalue weighted by molar-refractivity contribution is -0.117. The second-order valence-corrected chi connectivity index (χ2v) is 7.75. The van der Waals surface area contributed by atoms with Crippen molar-refractivity contribution in [1.82, 2.24) is 23.1 Å². The lowest BCUT2D eigenvalue weighted by atomic mass is 10.1. The number of imidazole rings is 2. The molecule has 1 aromatic carbocycles. The average molecular weight is 439 g/mol. The van der Waals surface area contributed by atoms with Crippen molar-refractivity contribution in [3.05, 3.63) is 56.5 Å². The molecule has 0 atom stereocenters. The molecule has 0 spiro atoms. The Kier molecular flexibility index (Phi) is 5.37. The van der Waals surface area contributed by atoms with Crippen molar-refractivity contribution < 1.29 is 14.3 Å². The molecular weight excluding hydrogens is 414 g/mol. The van der Waals surface area contributed by atoms with Gasteiger partial charge in [0, 0.05) is 25.5 Å². The van der Waals surface area contributed by atoms with Gasteiger partial charge in [0.2, 0.25) is 5.78 Å². The maximum absolute atomic E-state index is 13.0. The van der Waals surface area contributed by atoms with Crippen molar-refractivity contribution in [3.8, 4) is 11.5 Å². The minimum atomic E-state index is -0.563. The van der Waals surface area contributed by atoms with E-state index in [0.717, 1.165) is 15.8 Å². The van der Waals surface area contributed by atoms with Gasteiger partial charge in [-0.25, -0.2) is 4.79 Å². The molecule has 168 valence electrons. The lowest BCUT2D eigenvalue weighted by Crippen LogP contribution is -2.40. The van der Waals surface area contributed by atoms with E-state index in [9.17, 15) is 14.4 Å². The molecule has 0 fully saturated rings. The summed E-state index contributed by atoms with van der Waals surface area (Å²) in [5.74, 6) is 1.61. The third kappa shape index (κ3) is 3.37. The summed E-state index contributed by atoms with van der Waals surface area (Å²) in [6.07, 6.45) is 2.52. The van der Waals surface area contributed by atoms with E-state index in [1.807, 2.05) is 35.9 Å². The summed E-state index contributed by atoms with van der Waals surface area (Å²) in [4.78, 5) is 41.8. The van der Waals surface area contributed by atoms with Gasteiger partial charge >= 0.3 is 5.69 Å². The van der Waals surface area contributed by atoms with Gasteiger partial charge in [-0.3, -0.25) is 23.1 Å². The van der Waals surface area contributed by atoms with Gasteiger partial charge in [0.05, 0.1) is 20.8 Å². The minimum Gasteiger partial charge on any atom is -0.493 e. The normalized spacial score (nSPS) is 11.4. The number of ketones is 1. The van der Waals surface area contributed by atoms with Crippen LogP contribution in [0.2, 0.25) is 0 Å². The van der Waals surface area contributed by atoms with Crippen LogP contribution in [0.15, 0.2) is 34.0 Å². The molecule has 0 amide bonds. The molecule has 3 aromatic heterocycles. The molecule has 0 radical (unpaired) electrons. The Morgan fingerprint density at radius 3 is 2.47 bits per heavy atom. The van der Waals surface area contributed by atoms with Crippen molar-refractivity contribution in [3.63, 3.8) is 0 Å². The molecule has 0 N–H and O–H groups in total. The van der Waals surface area contributed by atoms with Gasteiger partial charge in [-0.05, 0) is 38.0 Å². The third-order valence-electron chi connectivity index (χ3n) is 5.59. The molecule has 0 bridgehead atoms. The van der Waals surface area contributed by atoms with Crippen LogP contribution in [0.5, 0.6) is 11.5 Å². The number of carbonyl (C=O) groups excluding carboxylic acids is 1. The number of fused-ring (bicyclic) bond motifs is 3. The van der Waals surface area contributed by atoms with E-state index in [2.05, 4.69) is 4.98 Å². The average Bonchev–Trinajstić information content (AvgIpc) is 3.28. The molecule has 0 saturated carbocycles. The molecular formula is C22H25N5O5. The van der Waals surface area contributed by atoms with Crippen LogP contribution in [0.3, 0.4) is 0 Å². The van der Waals surface area contributed by atoms with E-state index in [1.165, 1.54) is 11.5 Å². The van der Waals surface area contributed by atoms with Gasteiger partial charge in [-0.15, -0.1) is 0 Å². The third-order valence-corrected chi connectivity index (χ3v) is 5.59. The van der Waals surface area contributed by atoms with Gasteiger partial charge in [-0.1, -0.05) is 6.07 Å². The number of nitrogens with zero attached hydrogens (tertiary/aromatic N) is 5. The second kappa shape index (κ2) is 8.03. The van der Waals surface area contributed by atoms with Crippen LogP contribution in [-0.4, -0.2) is 43.1 Å². The van der Waals surface area contributed by atoms with E-state index in [0.29, 0.717) is 30.2 Å². The first-order valence-corrected chi connectivity index (χ1v) is 10.1. The molecule has 0 unspecified atom stereocenters. The number of aryl methyl sites for hydroxylation is 4. The van der Waals surface area contributed by atoms with Crippen LogP contribution in [-0.2, 0) is 31.4 Å². The predicted molar refractivity (Wildman–Crippen MR) is 119 cm³/mol. The summed E-state index contributed by atoms with van der Waals surface area (Å²) in [6.45, 7) is 3.62. The smallest absolute Gasteiger partial charge is 0.332 e. The highest BCUT2D eigenvalue weighted by molar-refractivity contribution is 5.78. The van der Waals surface area contributed by atoms with E-state index >= 15 is 0 Å². The van der Waals surface area contributed by atoms with Crippen molar-refractivity contribution in [2.24, 2.45) is 7.05 Å². The Hall–Kier alpha value is -3.82. The zero-order chi connectivity index (χ0) is 23.2. The van der Waals surface area contributed by atoms with E-state index in [-0.39, 0.29) is 23.5 Å². The summed E-state index contributed by atoms with van der Waals surface area (Å²) < 4.78 is 16.6. The van der Waals surface area contributed by atoms with Crippen LogP contribution in [0.1, 0.15) is 18.2 Å². The minimum absolute atomic E-state index is 0.270. The number of hydrogen-bond acceptors (Lipinski definition) is 6. The molecule has 3 heterocycles. The number of hydrogen-bond donors (Lipinski definition) is 0. The Labute approximate surface area is 183 Å². The lowest BCUT2D eigenvalue weighted by Gasteiger charge is -2.10. The molecule has 32 heavy (non-hydrogen) atoms. The molecule has 10 heteroatoms. The highest BCUT2D eigenvalue weighted by atomic mass is 16.5. The first-order valence-electron chi connectivity index (χ1n) is 10.1. The number of methoxy groups -OCH3 is 2. The number of benzene rings is 1. The Balaban J connectivity index is 1.79. The van der Waals surface area contributed by atoms with Gasteiger partial charge in [0.1, 0.15) is 5.78 Å². The fourth-order valence-corrected chi connectivity index (χ4v) is 3.97. The maximum atomic E-state index is 13.0. The zero-order valence-corrected chi connectivity index (χ0v) is 18.7. The van der Waals surface area contributed by atoms with Crippen LogP contribution in [0, 0.1) is 6.92 Å². The Morgan fingerprint density at radius 2 is 1.81 bits per heavy atom. The molecule has 4 aromatic rings. The highest BCUT2D eigenvalue weighted by Gasteiger charge is 2.20. The monoisotopic (exact) mass is 439 g/mol. The molecule has 10 nitrogen and oxygen atoms in total. The summed E-state index contributed by atoms with van der Waals surface area (Å²) in [5, 5.41) is 0. The number of ether oxygens (including phenoxy) is 2. The highest BCUT2D eigenvalue weighted by Crippen LogP contribution is 2.28. The van der Waals surface area contributed by atoms with E-state index in [4.69, 9.17) is 9.47 Å². The van der Waals surface area contributed by atoms with Crippen LogP contribution in [0.25, 0.3) is 16.9 Å². The Bertz CT molecular complexity index is 1470. The first kappa shape index (κ1) is 21.4. The largest absolute Gasteiger partial charge is 0.493 e. The molecule has 4 rings (SSSR count). The molecule has 0 aliphatic heterocycles. The number of rotatable bonds is 7. The number of carbonyl (C=O) groups is 1. The van der Waals surface area contributed by atoms with Crippen molar-refractivity contribution in [2.75, 3.05) is 14.2 Å². The maximum Gasteiger partial charge on any atom is 0.332 e. The van der Waals surface area contributed by atoms with Crippen molar-refractivity contribution in [1.29, 1.82) is 0 Å². The standard InChI is InChI=1S/C22H25N5O5/c1-13-11-26-18-19(24(3)22(30)27(20(18)29)12-14(2)28)23-21(26)25(13)9-8-15-6-7-16(31-4)17(10-15)32-5/h6-7,10-11H,8-9,12H2,1-5H3. The quantitative estimate of drug-likeness (QED) is 0.430. The van der Waals surface area contributed by atoms with Gasteiger partial charge < -0.3 is 14.0 Å². The van der Waals surface area contributed by atoms with E-state index < -0.39 is 11.2 Å². The topological polar surface area (TPSA) is 102 Å². The van der Waals surface area contributed by atoms with Crippen LogP contribution < -0.4 is 20.7 Å². The summed E-state index contributed by atoms with van der Waals surface area (Å²) in [5.41, 5.74) is 1.45. The zero-order valence-electron chi connectivity index (χ0n) is 18.7. The van der Waals surface area contributed by atoms with E-state index in [1.54, 1.807) is 25.7 Å². The number of aromatic nitrogens is 5. The summed E-state index contributed by atoms with van der Waals surface area (Å²) in [6, 6.07) is 5.77. The number of Topliss-reactive ketones (excluding diaryl/α,β-unsaturated/α-hetero) is 1. The van der Waals surface area contributed by atoms with Gasteiger partial charge in [0.15, 0.2) is 22.7 Å². The fourth-order valence-electron chi connectivity index (χ4n) is 3.97. The summed E-state index contributed by atoms with van der Waals surface area (Å²) in [7, 11) is 4.74. The van der Waals surface area contributed by atoms with Gasteiger partial charge in [-0.2, -0.15) is 4.98 Å². The second-order valence-electron chi connectivity index (χ2n) is 7.75. The molecule has 0 saturated heterocycles. The van der Waals surface area contributed by atoms with Crippen molar-refractivity contribution >= 4 is 22.7 Å². The van der Waals surface area contributed by atoms with Crippen molar-refractivity contribution in [2.45, 2.75) is 33.4 Å². The van der Waals surface area contributed by atoms with Gasteiger partial charge in [0.25, 0.3) is 5.56 Å². The molecule has 0 aliphatic carbocycles.